The zero-order chi connectivity index (χ0) is 24.8. The number of unbranched alkanes of at least 4 members (excludes halogenated alkanes) is 16. The Morgan fingerprint density at radius 2 is 1.09 bits per heavy atom. The number of allylic oxidation sites excluding steroid dienone is 2. The van der Waals surface area contributed by atoms with Gasteiger partial charge in [0.25, 0.3) is 0 Å². The zero-order valence-corrected chi connectivity index (χ0v) is 23.9. The van der Waals surface area contributed by atoms with Crippen molar-refractivity contribution in [1.82, 2.24) is 0 Å². The van der Waals surface area contributed by atoms with Gasteiger partial charge in [0.05, 0.1) is 27.7 Å². The second kappa shape index (κ2) is 21.2. The molecule has 0 heterocycles. The van der Waals surface area contributed by atoms with E-state index < -0.39 is 7.60 Å². The summed E-state index contributed by atoms with van der Waals surface area (Å²) in [5.41, 5.74) is 0. The molecule has 0 aromatic heterocycles. The first kappa shape index (κ1) is 32.8. The van der Waals surface area contributed by atoms with Crippen LogP contribution in [0.3, 0.4) is 0 Å². The molecule has 1 N–H and O–H groups in total. The first-order valence-electron chi connectivity index (χ1n) is 14.2. The van der Waals surface area contributed by atoms with E-state index in [4.69, 9.17) is 4.52 Å². The number of hydrogen-bond acceptors (Lipinski definition) is 2. The van der Waals surface area contributed by atoms with Crippen LogP contribution < -0.4 is 0 Å². The second-order valence-electron chi connectivity index (χ2n) is 10.8. The molecule has 2 unspecified atom stereocenters. The summed E-state index contributed by atoms with van der Waals surface area (Å²) in [7, 11) is 2.30. The molecule has 0 amide bonds. The SMILES string of the molecule is CCCCCCCCCCCCCC=CCCCCCCCOP(=O)(O)C(CC)[N+](C)(C)C. The van der Waals surface area contributed by atoms with Crippen LogP contribution >= 0.6 is 7.60 Å². The molecule has 0 aliphatic carbocycles. The summed E-state index contributed by atoms with van der Waals surface area (Å²) >= 11 is 0. The van der Waals surface area contributed by atoms with Gasteiger partial charge in [0.1, 0.15) is 0 Å². The summed E-state index contributed by atoms with van der Waals surface area (Å²) in [6.07, 6.45) is 28.9. The van der Waals surface area contributed by atoms with Gasteiger partial charge in [-0.05, 0) is 32.1 Å². The van der Waals surface area contributed by atoms with E-state index in [0.717, 1.165) is 12.8 Å². The quantitative estimate of drug-likeness (QED) is 0.0637. The summed E-state index contributed by atoms with van der Waals surface area (Å²) < 4.78 is 18.4. The Labute approximate surface area is 207 Å². The van der Waals surface area contributed by atoms with E-state index >= 15 is 0 Å². The fourth-order valence-electron chi connectivity index (χ4n) is 4.55. The number of quaternary nitrogens is 1. The Morgan fingerprint density at radius 3 is 1.48 bits per heavy atom. The molecule has 0 radical (unpaired) electrons. The molecule has 0 saturated heterocycles. The maximum atomic E-state index is 12.5. The van der Waals surface area contributed by atoms with Gasteiger partial charge in [-0.3, -0.25) is 4.57 Å². The Bertz CT molecular complexity index is 502. The standard InChI is InChI=1S/C28H58NO3P/c1-6-8-9-10-11-12-13-14-15-16-17-18-19-20-21-22-23-24-25-26-27-32-33(30,31)28(7-2)29(3,4)5/h19-20,28H,6-18,21-27H2,1-5H3/p+1. The van der Waals surface area contributed by atoms with Crippen molar-refractivity contribution >= 4 is 7.60 Å². The van der Waals surface area contributed by atoms with E-state index in [0.29, 0.717) is 17.5 Å². The third kappa shape index (κ3) is 19.8. The molecule has 0 bridgehead atoms. The lowest BCUT2D eigenvalue weighted by molar-refractivity contribution is -0.883. The molecule has 4 nitrogen and oxygen atoms in total. The lowest BCUT2D eigenvalue weighted by atomic mass is 10.1. The van der Waals surface area contributed by atoms with Gasteiger partial charge in [0, 0.05) is 6.42 Å². The second-order valence-corrected chi connectivity index (χ2v) is 12.7. The molecule has 0 spiro atoms. The molecule has 0 rings (SSSR count). The molecule has 5 heteroatoms. The van der Waals surface area contributed by atoms with Crippen LogP contribution in [0.1, 0.15) is 136 Å². The molecule has 2 atom stereocenters. The van der Waals surface area contributed by atoms with Crippen LogP contribution in [0.15, 0.2) is 12.2 Å². The lowest BCUT2D eigenvalue weighted by Crippen LogP contribution is -2.44. The number of hydrogen-bond donors (Lipinski definition) is 1. The summed E-state index contributed by atoms with van der Waals surface area (Å²) in [6.45, 7) is 4.63. The average Bonchev–Trinajstić information content (AvgIpc) is 2.74. The van der Waals surface area contributed by atoms with E-state index in [1.54, 1.807) is 0 Å². The molecule has 0 aliphatic rings. The fourth-order valence-corrected chi connectivity index (χ4v) is 6.45. The Hall–Kier alpha value is -0.150. The first-order chi connectivity index (χ1) is 15.8. The summed E-state index contributed by atoms with van der Waals surface area (Å²) in [5.74, 6) is -0.352. The normalized spacial score (nSPS) is 15.2. The third-order valence-electron chi connectivity index (χ3n) is 6.57. The van der Waals surface area contributed by atoms with Crippen LogP contribution in [0.25, 0.3) is 0 Å². The molecular formula is C28H59NO3P+. The van der Waals surface area contributed by atoms with Crippen LogP contribution in [-0.4, -0.2) is 42.9 Å². The first-order valence-corrected chi connectivity index (χ1v) is 15.8. The highest BCUT2D eigenvalue weighted by Gasteiger charge is 2.41. The highest BCUT2D eigenvalue weighted by atomic mass is 31.2. The van der Waals surface area contributed by atoms with Crippen molar-refractivity contribution in [1.29, 1.82) is 0 Å². The van der Waals surface area contributed by atoms with E-state index in [1.165, 1.54) is 103 Å². The van der Waals surface area contributed by atoms with Crippen LogP contribution in [0, 0.1) is 0 Å². The van der Waals surface area contributed by atoms with Gasteiger partial charge in [-0.25, -0.2) is 0 Å². The van der Waals surface area contributed by atoms with Gasteiger partial charge in [-0.1, -0.05) is 109 Å². The molecule has 0 fully saturated rings. The Kier molecular flexibility index (Phi) is 21.1. The number of nitrogens with zero attached hydrogens (tertiary/aromatic N) is 1. The van der Waals surface area contributed by atoms with Crippen molar-refractivity contribution in [2.75, 3.05) is 27.7 Å². The van der Waals surface area contributed by atoms with Crippen molar-refractivity contribution < 1.29 is 18.5 Å². The predicted octanol–water partition coefficient (Wildman–Crippen LogP) is 9.23. The van der Waals surface area contributed by atoms with Gasteiger partial charge in [0.2, 0.25) is 0 Å². The van der Waals surface area contributed by atoms with Crippen molar-refractivity contribution in [3.8, 4) is 0 Å². The monoisotopic (exact) mass is 488 g/mol. The Morgan fingerprint density at radius 1 is 0.697 bits per heavy atom. The summed E-state index contributed by atoms with van der Waals surface area (Å²) in [4.78, 5) is 10.3. The summed E-state index contributed by atoms with van der Waals surface area (Å²) in [5, 5.41) is 0. The Balaban J connectivity index is 3.45. The zero-order valence-electron chi connectivity index (χ0n) is 23.0. The average molecular weight is 489 g/mol. The van der Waals surface area contributed by atoms with Gasteiger partial charge in [-0.15, -0.1) is 0 Å². The van der Waals surface area contributed by atoms with E-state index in [2.05, 4.69) is 19.1 Å². The molecular weight excluding hydrogens is 429 g/mol. The molecule has 0 aromatic rings. The third-order valence-corrected chi connectivity index (χ3v) is 8.93. The fraction of sp³-hybridized carbons (Fsp3) is 0.929. The molecule has 0 saturated carbocycles. The molecule has 33 heavy (non-hydrogen) atoms. The highest BCUT2D eigenvalue weighted by molar-refractivity contribution is 7.53. The van der Waals surface area contributed by atoms with Gasteiger partial charge in [-0.2, -0.15) is 0 Å². The van der Waals surface area contributed by atoms with E-state index in [9.17, 15) is 9.46 Å². The van der Waals surface area contributed by atoms with Crippen molar-refractivity contribution in [2.24, 2.45) is 0 Å². The van der Waals surface area contributed by atoms with Gasteiger partial charge in [0.15, 0.2) is 5.78 Å². The maximum absolute atomic E-state index is 12.5. The topological polar surface area (TPSA) is 46.5 Å². The minimum atomic E-state index is -3.56. The van der Waals surface area contributed by atoms with Crippen LogP contribution in [0.5, 0.6) is 0 Å². The van der Waals surface area contributed by atoms with Crippen molar-refractivity contribution in [3.05, 3.63) is 12.2 Å². The predicted molar refractivity (Wildman–Crippen MR) is 146 cm³/mol. The van der Waals surface area contributed by atoms with Crippen LogP contribution in [-0.2, 0) is 9.09 Å². The van der Waals surface area contributed by atoms with Crippen molar-refractivity contribution in [2.45, 2.75) is 142 Å². The maximum Gasteiger partial charge on any atom is 0.385 e. The van der Waals surface area contributed by atoms with E-state index in [1.807, 2.05) is 28.1 Å². The summed E-state index contributed by atoms with van der Waals surface area (Å²) in [6, 6.07) is 0. The van der Waals surface area contributed by atoms with E-state index in [-0.39, 0.29) is 5.78 Å². The van der Waals surface area contributed by atoms with Gasteiger partial charge >= 0.3 is 7.60 Å². The van der Waals surface area contributed by atoms with Crippen LogP contribution in [0.4, 0.5) is 0 Å². The van der Waals surface area contributed by atoms with Crippen LogP contribution in [0.2, 0.25) is 0 Å². The minimum absolute atomic E-state index is 0.352. The van der Waals surface area contributed by atoms with Crippen molar-refractivity contribution in [3.63, 3.8) is 0 Å². The minimum Gasteiger partial charge on any atom is -0.320 e. The largest absolute Gasteiger partial charge is 0.385 e. The number of rotatable bonds is 24. The molecule has 0 aromatic carbocycles. The van der Waals surface area contributed by atoms with Gasteiger partial charge < -0.3 is 13.9 Å². The molecule has 0 aliphatic heterocycles. The highest BCUT2D eigenvalue weighted by Crippen LogP contribution is 2.51. The lowest BCUT2D eigenvalue weighted by Gasteiger charge is -2.35. The smallest absolute Gasteiger partial charge is 0.320 e. The molecule has 198 valence electrons.